The highest BCUT2D eigenvalue weighted by atomic mass is 79.9. The van der Waals surface area contributed by atoms with Gasteiger partial charge in [-0.25, -0.2) is 9.97 Å². The number of nitrogens with zero attached hydrogens (tertiary/aromatic N) is 2. The molecule has 15 heteroatoms. The van der Waals surface area contributed by atoms with Crippen LogP contribution in [0.15, 0.2) is 38.1 Å². The molecule has 0 bridgehead atoms. The smallest absolute Gasteiger partial charge is 0.267 e. The number of imidazole rings is 2. The van der Waals surface area contributed by atoms with Crippen molar-refractivity contribution >= 4 is 71.5 Å². The Bertz CT molecular complexity index is 1430. The van der Waals surface area contributed by atoms with E-state index in [1.165, 1.54) is 0 Å². The Morgan fingerprint density at radius 3 is 2.41 bits per heavy atom. The van der Waals surface area contributed by atoms with Crippen LogP contribution in [0.3, 0.4) is 0 Å². The third-order valence-electron chi connectivity index (χ3n) is 6.46. The zero-order chi connectivity index (χ0) is 26.3. The fourth-order valence-electron chi connectivity index (χ4n) is 4.79. The molecule has 10 N–H and O–H groups in total. The summed E-state index contributed by atoms with van der Waals surface area (Å²) in [5.74, 6) is -0.467. The molecule has 0 unspecified atom stereocenters. The van der Waals surface area contributed by atoms with Crippen LogP contribution in [0.2, 0.25) is 0 Å². The maximum absolute atomic E-state index is 13.0. The van der Waals surface area contributed by atoms with Crippen LogP contribution in [0.1, 0.15) is 44.0 Å². The summed E-state index contributed by atoms with van der Waals surface area (Å²) in [4.78, 5) is 46.7. The lowest BCUT2D eigenvalue weighted by Crippen LogP contribution is -2.44. The summed E-state index contributed by atoms with van der Waals surface area (Å²) < 4.78 is 2.21. The number of amides is 2. The molecule has 0 saturated carbocycles. The summed E-state index contributed by atoms with van der Waals surface area (Å²) in [6.07, 6.45) is 3.94. The molecule has 12 nitrogen and oxygen atoms in total. The van der Waals surface area contributed by atoms with Crippen molar-refractivity contribution < 1.29 is 9.59 Å². The Morgan fingerprint density at radius 1 is 1.00 bits per heavy atom. The Kier molecular flexibility index (Phi) is 7.18. The van der Waals surface area contributed by atoms with Crippen molar-refractivity contribution in [2.45, 2.75) is 12.3 Å². The quantitative estimate of drug-likeness (QED) is 0.146. The Hall–Kier alpha value is -3.04. The van der Waals surface area contributed by atoms with E-state index in [2.05, 4.69) is 88.3 Å². The van der Waals surface area contributed by atoms with Gasteiger partial charge >= 0.3 is 0 Å². The van der Waals surface area contributed by atoms with Crippen molar-refractivity contribution in [1.29, 1.82) is 0 Å². The highest BCUT2D eigenvalue weighted by Gasteiger charge is 2.41. The molecule has 1 aliphatic rings. The van der Waals surface area contributed by atoms with Gasteiger partial charge in [-0.15, -0.1) is 0 Å². The largest absolute Gasteiger partial charge is 0.369 e. The van der Waals surface area contributed by atoms with Crippen LogP contribution < -0.4 is 22.1 Å². The predicted octanol–water partition coefficient (Wildman–Crippen LogP) is 3.02. The number of nitrogens with two attached hydrogens (primary N) is 2. The van der Waals surface area contributed by atoms with Crippen LogP contribution in [-0.4, -0.2) is 54.8 Å². The zero-order valence-electron chi connectivity index (χ0n) is 19.2. The van der Waals surface area contributed by atoms with Gasteiger partial charge in [0.2, 0.25) is 0 Å². The van der Waals surface area contributed by atoms with Gasteiger partial charge in [-0.2, -0.15) is 0 Å². The predicted molar refractivity (Wildman–Crippen MR) is 148 cm³/mol. The van der Waals surface area contributed by atoms with E-state index in [0.717, 1.165) is 26.0 Å². The second-order valence-corrected chi connectivity index (χ2v) is 11.4. The number of aromatic nitrogens is 6. The van der Waals surface area contributed by atoms with Gasteiger partial charge < -0.3 is 42.0 Å². The lowest BCUT2D eigenvalue weighted by atomic mass is 9.71. The van der Waals surface area contributed by atoms with Gasteiger partial charge in [-0.05, 0) is 78.2 Å². The Morgan fingerprint density at radius 2 is 1.76 bits per heavy atom. The summed E-state index contributed by atoms with van der Waals surface area (Å²) in [5.41, 5.74) is 15.2. The molecule has 4 aromatic rings. The maximum atomic E-state index is 13.0. The number of anilines is 2. The molecule has 0 radical (unpaired) electrons. The molecule has 4 heterocycles. The molecule has 194 valence electrons. The van der Waals surface area contributed by atoms with E-state index in [0.29, 0.717) is 41.4 Å². The van der Waals surface area contributed by atoms with Gasteiger partial charge in [0, 0.05) is 41.1 Å². The van der Waals surface area contributed by atoms with Crippen LogP contribution in [0.5, 0.6) is 0 Å². The van der Waals surface area contributed by atoms with Crippen LogP contribution >= 0.6 is 47.8 Å². The highest BCUT2D eigenvalue weighted by molar-refractivity contribution is 9.13. The van der Waals surface area contributed by atoms with E-state index in [1.807, 2.05) is 0 Å². The number of hydrogen-bond acceptors (Lipinski definition) is 6. The summed E-state index contributed by atoms with van der Waals surface area (Å²) in [6.45, 7) is 0.658. The van der Waals surface area contributed by atoms with Gasteiger partial charge in [0.05, 0.1) is 21.0 Å². The minimum absolute atomic E-state index is 0.0772. The number of H-pyrrole nitrogens is 4. The average Bonchev–Trinajstić information content (AvgIpc) is 3.63. The maximum Gasteiger partial charge on any atom is 0.267 e. The topological polar surface area (TPSA) is 199 Å². The fraction of sp³-hybridized carbons (Fsp3) is 0.273. The molecule has 1 aliphatic carbocycles. The molecule has 2 amide bonds. The molecule has 3 atom stereocenters. The fourth-order valence-corrected chi connectivity index (χ4v) is 5.79. The monoisotopic (exact) mass is 696 g/mol. The zero-order valence-corrected chi connectivity index (χ0v) is 23.9. The van der Waals surface area contributed by atoms with Gasteiger partial charge in [-0.3, -0.25) is 9.59 Å². The van der Waals surface area contributed by atoms with Crippen LogP contribution in [-0.2, 0) is 6.42 Å². The first kappa shape index (κ1) is 25.6. The second kappa shape index (κ2) is 10.4. The van der Waals surface area contributed by atoms with E-state index in [9.17, 15) is 9.59 Å². The SMILES string of the molecule is Nc1ncc([C@H]2c3nc(N)[nH]c3C[C@@H](CNC(=O)c3cc(Br)c[nH]3)[C@@H]2CNC(=O)c2cc(Br)c(Br)[nH]2)[nH]1. The summed E-state index contributed by atoms with van der Waals surface area (Å²) in [7, 11) is 0. The van der Waals surface area contributed by atoms with Crippen molar-refractivity contribution in [3.05, 3.63) is 66.5 Å². The van der Waals surface area contributed by atoms with E-state index in [4.69, 9.17) is 11.5 Å². The van der Waals surface area contributed by atoms with Crippen LogP contribution in [0, 0.1) is 11.8 Å². The molecule has 37 heavy (non-hydrogen) atoms. The minimum Gasteiger partial charge on any atom is -0.369 e. The third-order valence-corrected chi connectivity index (χ3v) is 8.70. The van der Waals surface area contributed by atoms with Gasteiger partial charge in [0.25, 0.3) is 11.8 Å². The average molecular weight is 699 g/mol. The first-order valence-electron chi connectivity index (χ1n) is 11.3. The van der Waals surface area contributed by atoms with Gasteiger partial charge in [0.15, 0.2) is 11.9 Å². The van der Waals surface area contributed by atoms with E-state index in [-0.39, 0.29) is 35.5 Å². The van der Waals surface area contributed by atoms with Crippen molar-refractivity contribution in [2.75, 3.05) is 24.6 Å². The standard InChI is InChI=1S/C22H23Br3N10O2/c23-9-2-13(28-5-9)19(36)29-4-8-1-12-17(35-22(27)33-12)16(15-7-31-21(26)34-15)10(8)6-30-20(37)14-3-11(24)18(25)32-14/h2-3,5,7-8,10,16,28,32H,1,4,6H2,(H,29,36)(H,30,37)(H3,26,31,34)(H3,27,33,35)/t8-,10-,16-/m0/s1. The molecule has 0 aromatic carbocycles. The number of nitrogens with one attached hydrogen (secondary N) is 6. The number of aromatic amines is 4. The van der Waals surface area contributed by atoms with Crippen molar-refractivity contribution in [3.63, 3.8) is 0 Å². The van der Waals surface area contributed by atoms with Gasteiger partial charge in [-0.1, -0.05) is 0 Å². The van der Waals surface area contributed by atoms with Crippen molar-refractivity contribution in [3.8, 4) is 0 Å². The van der Waals surface area contributed by atoms with E-state index < -0.39 is 0 Å². The van der Waals surface area contributed by atoms with E-state index in [1.54, 1.807) is 24.5 Å². The Labute approximate surface area is 235 Å². The van der Waals surface area contributed by atoms with Gasteiger partial charge in [0.1, 0.15) is 11.4 Å². The molecular formula is C22H23Br3N10O2. The van der Waals surface area contributed by atoms with Crippen molar-refractivity contribution in [2.24, 2.45) is 11.8 Å². The number of halogens is 3. The molecule has 0 aliphatic heterocycles. The van der Waals surface area contributed by atoms with E-state index >= 15 is 0 Å². The molecular weight excluding hydrogens is 676 g/mol. The number of nitrogen functional groups attached to an aromatic ring is 2. The second-order valence-electron chi connectivity index (χ2n) is 8.81. The molecule has 0 spiro atoms. The normalized spacial score (nSPS) is 18.9. The molecule has 0 saturated heterocycles. The summed E-state index contributed by atoms with van der Waals surface area (Å²) >= 11 is 10.1. The lowest BCUT2D eigenvalue weighted by molar-refractivity contribution is 0.0906. The first-order chi connectivity index (χ1) is 17.7. The third kappa shape index (κ3) is 5.33. The lowest BCUT2D eigenvalue weighted by Gasteiger charge is -2.37. The van der Waals surface area contributed by atoms with Crippen molar-refractivity contribution in [1.82, 2.24) is 40.5 Å². The number of hydrogen-bond donors (Lipinski definition) is 8. The summed E-state index contributed by atoms with van der Waals surface area (Å²) in [5, 5.41) is 6.05. The number of carbonyl (C=O) groups excluding carboxylic acids is 2. The summed E-state index contributed by atoms with van der Waals surface area (Å²) in [6, 6.07) is 3.41. The van der Waals surface area contributed by atoms with Crippen LogP contribution in [0.4, 0.5) is 11.9 Å². The Balaban J connectivity index is 1.44. The molecule has 5 rings (SSSR count). The number of carbonyl (C=O) groups is 2. The minimum atomic E-state index is -0.300. The molecule has 4 aromatic heterocycles. The van der Waals surface area contributed by atoms with Crippen LogP contribution in [0.25, 0.3) is 0 Å². The number of fused-ring (bicyclic) bond motifs is 1. The first-order valence-corrected chi connectivity index (χ1v) is 13.7. The number of rotatable bonds is 7. The highest BCUT2D eigenvalue weighted by Crippen LogP contribution is 2.42. The molecule has 0 fully saturated rings.